The zero-order valence-electron chi connectivity index (χ0n) is 5.92. The van der Waals surface area contributed by atoms with Gasteiger partial charge in [-0.05, 0) is 12.6 Å². The lowest BCUT2D eigenvalue weighted by molar-refractivity contribution is -0.131. The first-order valence-electron chi connectivity index (χ1n) is 3.39. The highest BCUT2D eigenvalue weighted by atomic mass is 16.2. The molecule has 1 saturated heterocycles. The first-order chi connectivity index (χ1) is 4.77. The SMILES string of the molecule is C=CC(=O)N1CC(CN)C1. The number of hydrogen-bond donors (Lipinski definition) is 1. The third-order valence-corrected chi connectivity index (χ3v) is 1.78. The molecule has 0 aromatic rings. The van der Waals surface area contributed by atoms with E-state index in [1.807, 2.05) is 0 Å². The smallest absolute Gasteiger partial charge is 0.245 e. The molecule has 0 bridgehead atoms. The van der Waals surface area contributed by atoms with E-state index in [4.69, 9.17) is 5.73 Å². The van der Waals surface area contributed by atoms with E-state index in [-0.39, 0.29) is 5.91 Å². The van der Waals surface area contributed by atoms with Gasteiger partial charge in [0.2, 0.25) is 5.91 Å². The predicted molar refractivity (Wildman–Crippen MR) is 39.3 cm³/mol. The summed E-state index contributed by atoms with van der Waals surface area (Å²) in [5, 5.41) is 0. The van der Waals surface area contributed by atoms with Crippen LogP contribution < -0.4 is 5.73 Å². The summed E-state index contributed by atoms with van der Waals surface area (Å²) in [6, 6.07) is 0. The Hall–Kier alpha value is -0.830. The minimum atomic E-state index is 0.0182. The van der Waals surface area contributed by atoms with E-state index in [1.165, 1.54) is 6.08 Å². The van der Waals surface area contributed by atoms with Crippen LogP contribution in [0.4, 0.5) is 0 Å². The van der Waals surface area contributed by atoms with Crippen molar-refractivity contribution in [2.24, 2.45) is 11.7 Å². The van der Waals surface area contributed by atoms with E-state index < -0.39 is 0 Å². The molecule has 0 saturated carbocycles. The van der Waals surface area contributed by atoms with Crippen molar-refractivity contribution in [1.82, 2.24) is 4.90 Å². The Morgan fingerprint density at radius 3 is 2.80 bits per heavy atom. The van der Waals surface area contributed by atoms with Gasteiger partial charge in [0.1, 0.15) is 0 Å². The van der Waals surface area contributed by atoms with Gasteiger partial charge in [-0.15, -0.1) is 0 Å². The van der Waals surface area contributed by atoms with Gasteiger partial charge >= 0.3 is 0 Å². The lowest BCUT2D eigenvalue weighted by Crippen LogP contribution is -2.51. The summed E-state index contributed by atoms with van der Waals surface area (Å²) < 4.78 is 0. The monoisotopic (exact) mass is 140 g/mol. The first-order valence-corrected chi connectivity index (χ1v) is 3.39. The summed E-state index contributed by atoms with van der Waals surface area (Å²) in [5.74, 6) is 0.536. The Labute approximate surface area is 60.5 Å². The fourth-order valence-corrected chi connectivity index (χ4v) is 1.03. The molecule has 10 heavy (non-hydrogen) atoms. The van der Waals surface area contributed by atoms with Crippen LogP contribution in [-0.4, -0.2) is 30.4 Å². The highest BCUT2D eigenvalue weighted by molar-refractivity contribution is 5.87. The molecule has 2 N–H and O–H groups in total. The quantitative estimate of drug-likeness (QED) is 0.530. The standard InChI is InChI=1S/C7H12N2O/c1-2-7(10)9-4-6(3-8)5-9/h2,6H,1,3-5,8H2. The van der Waals surface area contributed by atoms with Gasteiger partial charge < -0.3 is 10.6 Å². The zero-order chi connectivity index (χ0) is 7.56. The molecule has 0 aromatic carbocycles. The number of rotatable bonds is 2. The molecule has 1 rings (SSSR count). The lowest BCUT2D eigenvalue weighted by Gasteiger charge is -2.37. The van der Waals surface area contributed by atoms with Crippen LogP contribution in [0.1, 0.15) is 0 Å². The Morgan fingerprint density at radius 2 is 2.40 bits per heavy atom. The Bertz CT molecular complexity index is 150. The van der Waals surface area contributed by atoms with Crippen molar-refractivity contribution in [2.45, 2.75) is 0 Å². The fraction of sp³-hybridized carbons (Fsp3) is 0.571. The molecule has 0 spiro atoms. The van der Waals surface area contributed by atoms with Crippen molar-refractivity contribution < 1.29 is 4.79 Å². The van der Waals surface area contributed by atoms with Gasteiger partial charge in [0.15, 0.2) is 0 Å². The molecule has 0 aliphatic carbocycles. The van der Waals surface area contributed by atoms with E-state index in [0.29, 0.717) is 12.5 Å². The van der Waals surface area contributed by atoms with Gasteiger partial charge in [0, 0.05) is 19.0 Å². The third-order valence-electron chi connectivity index (χ3n) is 1.78. The highest BCUT2D eigenvalue weighted by Gasteiger charge is 2.27. The maximum Gasteiger partial charge on any atom is 0.245 e. The van der Waals surface area contributed by atoms with Crippen LogP contribution in [-0.2, 0) is 4.79 Å². The van der Waals surface area contributed by atoms with Crippen molar-refractivity contribution in [1.29, 1.82) is 0 Å². The number of carbonyl (C=O) groups excluding carboxylic acids is 1. The Morgan fingerprint density at radius 1 is 1.80 bits per heavy atom. The molecule has 0 unspecified atom stereocenters. The van der Waals surface area contributed by atoms with Crippen LogP contribution in [0.25, 0.3) is 0 Å². The average Bonchev–Trinajstić information content (AvgIpc) is 1.85. The molecule has 0 aromatic heterocycles. The first kappa shape index (κ1) is 7.28. The topological polar surface area (TPSA) is 46.3 Å². The van der Waals surface area contributed by atoms with Crippen molar-refractivity contribution in [3.8, 4) is 0 Å². The van der Waals surface area contributed by atoms with Crippen LogP contribution in [0.5, 0.6) is 0 Å². The summed E-state index contributed by atoms with van der Waals surface area (Å²) in [7, 11) is 0. The average molecular weight is 140 g/mol. The van der Waals surface area contributed by atoms with Crippen molar-refractivity contribution in [2.75, 3.05) is 19.6 Å². The van der Waals surface area contributed by atoms with Gasteiger partial charge in [-0.1, -0.05) is 6.58 Å². The molecule has 1 heterocycles. The second kappa shape index (κ2) is 2.84. The van der Waals surface area contributed by atoms with Crippen LogP contribution in [0.15, 0.2) is 12.7 Å². The van der Waals surface area contributed by atoms with E-state index in [2.05, 4.69) is 6.58 Å². The van der Waals surface area contributed by atoms with Crippen LogP contribution in [0, 0.1) is 5.92 Å². The molecular weight excluding hydrogens is 128 g/mol. The third kappa shape index (κ3) is 1.19. The number of hydrogen-bond acceptors (Lipinski definition) is 2. The normalized spacial score (nSPS) is 18.3. The highest BCUT2D eigenvalue weighted by Crippen LogP contribution is 2.13. The van der Waals surface area contributed by atoms with Gasteiger partial charge in [0.25, 0.3) is 0 Å². The fourth-order valence-electron chi connectivity index (χ4n) is 1.03. The molecule has 1 aliphatic rings. The van der Waals surface area contributed by atoms with E-state index in [1.54, 1.807) is 4.90 Å². The lowest BCUT2D eigenvalue weighted by atomic mass is 10.0. The molecule has 1 amide bonds. The van der Waals surface area contributed by atoms with Crippen LogP contribution in [0.3, 0.4) is 0 Å². The number of nitrogens with zero attached hydrogens (tertiary/aromatic N) is 1. The summed E-state index contributed by atoms with van der Waals surface area (Å²) in [6.07, 6.45) is 1.34. The number of nitrogens with two attached hydrogens (primary N) is 1. The molecule has 1 aliphatic heterocycles. The zero-order valence-corrected chi connectivity index (χ0v) is 5.92. The van der Waals surface area contributed by atoms with Crippen LogP contribution >= 0.6 is 0 Å². The van der Waals surface area contributed by atoms with E-state index >= 15 is 0 Å². The minimum Gasteiger partial charge on any atom is -0.338 e. The molecule has 1 fully saturated rings. The number of amides is 1. The minimum absolute atomic E-state index is 0.0182. The molecular formula is C7H12N2O. The molecule has 0 radical (unpaired) electrons. The number of carbonyl (C=O) groups is 1. The van der Waals surface area contributed by atoms with E-state index in [0.717, 1.165) is 13.1 Å². The molecule has 0 atom stereocenters. The Kier molecular flexibility index (Phi) is 2.06. The van der Waals surface area contributed by atoms with Gasteiger partial charge in [-0.2, -0.15) is 0 Å². The summed E-state index contributed by atoms with van der Waals surface area (Å²) in [5.41, 5.74) is 5.37. The second-order valence-corrected chi connectivity index (χ2v) is 2.55. The van der Waals surface area contributed by atoms with Gasteiger partial charge in [-0.3, -0.25) is 4.79 Å². The van der Waals surface area contributed by atoms with Gasteiger partial charge in [0.05, 0.1) is 0 Å². The van der Waals surface area contributed by atoms with Crippen molar-refractivity contribution in [3.63, 3.8) is 0 Å². The molecule has 3 nitrogen and oxygen atoms in total. The number of likely N-dealkylation sites (tertiary alicyclic amines) is 1. The van der Waals surface area contributed by atoms with Crippen molar-refractivity contribution in [3.05, 3.63) is 12.7 Å². The summed E-state index contributed by atoms with van der Waals surface area (Å²) in [4.78, 5) is 12.6. The van der Waals surface area contributed by atoms with Crippen LogP contribution in [0.2, 0.25) is 0 Å². The molecule has 56 valence electrons. The molecule has 3 heteroatoms. The van der Waals surface area contributed by atoms with Gasteiger partial charge in [-0.25, -0.2) is 0 Å². The van der Waals surface area contributed by atoms with E-state index in [9.17, 15) is 4.79 Å². The largest absolute Gasteiger partial charge is 0.338 e. The van der Waals surface area contributed by atoms with Crippen molar-refractivity contribution >= 4 is 5.91 Å². The maximum atomic E-state index is 10.8. The predicted octanol–water partition coefficient (Wildman–Crippen LogP) is -0.410. The Balaban J connectivity index is 2.25. The second-order valence-electron chi connectivity index (χ2n) is 2.55. The summed E-state index contributed by atoms with van der Waals surface area (Å²) >= 11 is 0. The summed E-state index contributed by atoms with van der Waals surface area (Å²) in [6.45, 7) is 5.69. The maximum absolute atomic E-state index is 10.8.